The number of pyridine rings is 1. The van der Waals surface area contributed by atoms with E-state index in [1.165, 1.54) is 0 Å². The third-order valence-corrected chi connectivity index (χ3v) is 3.58. The van der Waals surface area contributed by atoms with Gasteiger partial charge < -0.3 is 4.74 Å². The van der Waals surface area contributed by atoms with Crippen molar-refractivity contribution in [3.63, 3.8) is 0 Å². The van der Waals surface area contributed by atoms with Crippen molar-refractivity contribution >= 4 is 28.9 Å². The molecule has 0 bridgehead atoms. The zero-order valence-corrected chi connectivity index (χ0v) is 13.7. The van der Waals surface area contributed by atoms with Crippen LogP contribution in [0, 0.1) is 6.92 Å². The summed E-state index contributed by atoms with van der Waals surface area (Å²) >= 11 is 0. The van der Waals surface area contributed by atoms with Gasteiger partial charge in [-0.15, -0.1) is 0 Å². The summed E-state index contributed by atoms with van der Waals surface area (Å²) in [5.74, 6) is 0.796. The summed E-state index contributed by atoms with van der Waals surface area (Å²) in [6.07, 6.45) is 5.64. The Bertz CT molecular complexity index is 886. The SMILES string of the molecule is COc1ccc2nc(C)cc(N/N=C/C=C/c3ccccc3)c2c1. The Morgan fingerprint density at radius 1 is 1.08 bits per heavy atom. The number of aryl methyl sites for hydroxylation is 1. The Hall–Kier alpha value is -3.14. The van der Waals surface area contributed by atoms with E-state index in [1.54, 1.807) is 13.3 Å². The molecule has 3 aromatic rings. The number of hydrogen-bond acceptors (Lipinski definition) is 4. The van der Waals surface area contributed by atoms with Crippen LogP contribution in [0.3, 0.4) is 0 Å². The maximum atomic E-state index is 5.29. The van der Waals surface area contributed by atoms with E-state index in [1.807, 2.05) is 73.7 Å². The molecule has 0 atom stereocenters. The summed E-state index contributed by atoms with van der Waals surface area (Å²) < 4.78 is 5.29. The molecule has 1 N–H and O–H groups in total. The molecule has 2 aromatic carbocycles. The number of allylic oxidation sites excluding steroid dienone is 1. The van der Waals surface area contributed by atoms with Gasteiger partial charge in [0.05, 0.1) is 18.3 Å². The van der Waals surface area contributed by atoms with Gasteiger partial charge in [0, 0.05) is 17.3 Å². The van der Waals surface area contributed by atoms with Gasteiger partial charge in [-0.3, -0.25) is 10.4 Å². The fraction of sp³-hybridized carbons (Fsp3) is 0.100. The lowest BCUT2D eigenvalue weighted by Gasteiger charge is -2.08. The van der Waals surface area contributed by atoms with Crippen molar-refractivity contribution in [2.45, 2.75) is 6.92 Å². The van der Waals surface area contributed by atoms with Gasteiger partial charge >= 0.3 is 0 Å². The Kier molecular flexibility index (Phi) is 4.87. The van der Waals surface area contributed by atoms with E-state index in [9.17, 15) is 0 Å². The van der Waals surface area contributed by atoms with Crippen LogP contribution in [0.25, 0.3) is 17.0 Å². The number of ether oxygens (including phenoxy) is 1. The number of benzene rings is 2. The van der Waals surface area contributed by atoms with Gasteiger partial charge in [-0.05, 0) is 42.8 Å². The van der Waals surface area contributed by atoms with E-state index in [0.717, 1.165) is 33.6 Å². The number of anilines is 1. The van der Waals surface area contributed by atoms with Crippen LogP contribution in [0.5, 0.6) is 5.75 Å². The molecule has 0 saturated heterocycles. The van der Waals surface area contributed by atoms with Crippen molar-refractivity contribution in [1.29, 1.82) is 0 Å². The lowest BCUT2D eigenvalue weighted by molar-refractivity contribution is 0.415. The average Bonchev–Trinajstić information content (AvgIpc) is 2.61. The fourth-order valence-electron chi connectivity index (χ4n) is 2.42. The molecule has 0 aliphatic heterocycles. The quantitative estimate of drug-likeness (QED) is 0.550. The second-order valence-electron chi connectivity index (χ2n) is 5.35. The second-order valence-corrected chi connectivity index (χ2v) is 5.35. The van der Waals surface area contributed by atoms with Gasteiger partial charge in [-0.1, -0.05) is 36.4 Å². The average molecular weight is 317 g/mol. The molecule has 1 heterocycles. The summed E-state index contributed by atoms with van der Waals surface area (Å²) in [7, 11) is 1.66. The fourth-order valence-corrected chi connectivity index (χ4v) is 2.42. The van der Waals surface area contributed by atoms with Crippen molar-refractivity contribution in [2.75, 3.05) is 12.5 Å². The number of nitrogens with one attached hydrogen (secondary N) is 1. The molecule has 0 fully saturated rings. The standard InChI is InChI=1S/C20H19N3O/c1-15-13-20(18-14-17(24-2)10-11-19(18)22-15)23-21-12-6-9-16-7-4-3-5-8-16/h3-14H,1-2H3,(H,22,23)/b9-6+,21-12+. The van der Waals surface area contributed by atoms with Gasteiger partial charge in [0.15, 0.2) is 0 Å². The maximum absolute atomic E-state index is 5.29. The summed E-state index contributed by atoms with van der Waals surface area (Å²) in [6, 6.07) is 17.9. The highest BCUT2D eigenvalue weighted by molar-refractivity contribution is 5.93. The molecule has 24 heavy (non-hydrogen) atoms. The van der Waals surface area contributed by atoms with Crippen molar-refractivity contribution in [2.24, 2.45) is 5.10 Å². The molecule has 0 unspecified atom stereocenters. The van der Waals surface area contributed by atoms with Gasteiger partial charge in [0.1, 0.15) is 5.75 Å². The van der Waals surface area contributed by atoms with Crippen molar-refractivity contribution in [1.82, 2.24) is 4.98 Å². The molecular weight excluding hydrogens is 298 g/mol. The number of fused-ring (bicyclic) bond motifs is 1. The largest absolute Gasteiger partial charge is 0.497 e. The van der Waals surface area contributed by atoms with Crippen LogP contribution in [0.2, 0.25) is 0 Å². The molecule has 0 aliphatic carbocycles. The lowest BCUT2D eigenvalue weighted by atomic mass is 10.1. The first-order valence-corrected chi connectivity index (χ1v) is 7.72. The number of aromatic nitrogens is 1. The third kappa shape index (κ3) is 3.79. The van der Waals surface area contributed by atoms with E-state index in [-0.39, 0.29) is 0 Å². The molecular formula is C20H19N3O. The molecule has 0 spiro atoms. The van der Waals surface area contributed by atoms with Crippen LogP contribution >= 0.6 is 0 Å². The highest BCUT2D eigenvalue weighted by atomic mass is 16.5. The first kappa shape index (κ1) is 15.7. The molecule has 0 radical (unpaired) electrons. The summed E-state index contributed by atoms with van der Waals surface area (Å²) in [5.41, 5.74) is 6.98. The molecule has 4 heteroatoms. The minimum absolute atomic E-state index is 0.796. The smallest absolute Gasteiger partial charge is 0.119 e. The predicted octanol–water partition coefficient (Wildman–Crippen LogP) is 4.66. The minimum Gasteiger partial charge on any atom is -0.497 e. The summed E-state index contributed by atoms with van der Waals surface area (Å²) in [4.78, 5) is 4.53. The van der Waals surface area contributed by atoms with E-state index >= 15 is 0 Å². The van der Waals surface area contributed by atoms with Gasteiger partial charge in [0.2, 0.25) is 0 Å². The monoisotopic (exact) mass is 317 g/mol. The third-order valence-electron chi connectivity index (χ3n) is 3.58. The molecule has 120 valence electrons. The van der Waals surface area contributed by atoms with Crippen LogP contribution in [-0.4, -0.2) is 18.3 Å². The van der Waals surface area contributed by atoms with Crippen LogP contribution < -0.4 is 10.2 Å². The molecule has 0 amide bonds. The topological polar surface area (TPSA) is 46.5 Å². The zero-order valence-electron chi connectivity index (χ0n) is 13.7. The number of rotatable bonds is 5. The Labute approximate surface area is 141 Å². The minimum atomic E-state index is 0.796. The van der Waals surface area contributed by atoms with E-state index in [0.29, 0.717) is 0 Å². The number of nitrogens with zero attached hydrogens (tertiary/aromatic N) is 2. The number of hydrazone groups is 1. The van der Waals surface area contributed by atoms with Crippen molar-refractivity contribution < 1.29 is 4.74 Å². The van der Waals surface area contributed by atoms with E-state index in [2.05, 4.69) is 15.5 Å². The van der Waals surface area contributed by atoms with Crippen LogP contribution in [0.4, 0.5) is 5.69 Å². The number of methoxy groups -OCH3 is 1. The van der Waals surface area contributed by atoms with Gasteiger partial charge in [-0.25, -0.2) is 0 Å². The van der Waals surface area contributed by atoms with Gasteiger partial charge in [-0.2, -0.15) is 5.10 Å². The normalized spacial score (nSPS) is 11.4. The summed E-state index contributed by atoms with van der Waals surface area (Å²) in [6.45, 7) is 1.97. The molecule has 0 saturated carbocycles. The Balaban J connectivity index is 1.79. The van der Waals surface area contributed by atoms with E-state index < -0.39 is 0 Å². The molecule has 0 aliphatic rings. The van der Waals surface area contributed by atoms with Crippen LogP contribution in [0.15, 0.2) is 65.8 Å². The Morgan fingerprint density at radius 2 is 1.92 bits per heavy atom. The first-order valence-electron chi connectivity index (χ1n) is 7.72. The second kappa shape index (κ2) is 7.42. The number of hydrogen-bond donors (Lipinski definition) is 1. The van der Waals surface area contributed by atoms with Crippen LogP contribution in [0.1, 0.15) is 11.3 Å². The zero-order chi connectivity index (χ0) is 16.8. The summed E-state index contributed by atoms with van der Waals surface area (Å²) in [5, 5.41) is 5.25. The first-order chi connectivity index (χ1) is 11.8. The molecule has 3 rings (SSSR count). The highest BCUT2D eigenvalue weighted by Gasteiger charge is 2.05. The van der Waals surface area contributed by atoms with Gasteiger partial charge in [0.25, 0.3) is 0 Å². The Morgan fingerprint density at radius 3 is 2.71 bits per heavy atom. The van der Waals surface area contributed by atoms with E-state index in [4.69, 9.17) is 4.74 Å². The highest BCUT2D eigenvalue weighted by Crippen LogP contribution is 2.27. The predicted molar refractivity (Wildman–Crippen MR) is 101 cm³/mol. The molecule has 1 aromatic heterocycles. The molecule has 4 nitrogen and oxygen atoms in total. The van der Waals surface area contributed by atoms with Crippen molar-refractivity contribution in [3.8, 4) is 5.75 Å². The maximum Gasteiger partial charge on any atom is 0.119 e. The van der Waals surface area contributed by atoms with Crippen LogP contribution in [-0.2, 0) is 0 Å². The lowest BCUT2D eigenvalue weighted by Crippen LogP contribution is -1.94. The van der Waals surface area contributed by atoms with Crippen molar-refractivity contribution in [3.05, 3.63) is 71.9 Å².